The van der Waals surface area contributed by atoms with Crippen molar-refractivity contribution < 1.29 is 4.79 Å². The fourth-order valence-electron chi connectivity index (χ4n) is 0.982. The van der Waals surface area contributed by atoms with E-state index in [1.54, 1.807) is 12.3 Å². The van der Waals surface area contributed by atoms with Crippen LogP contribution >= 0.6 is 28.1 Å². The molecule has 0 amide bonds. The Morgan fingerprint density at radius 3 is 3.15 bits per heavy atom. The van der Waals surface area contributed by atoms with Gasteiger partial charge >= 0.3 is 0 Å². The van der Waals surface area contributed by atoms with E-state index in [0.717, 1.165) is 0 Å². The first kappa shape index (κ1) is 10.6. The van der Waals surface area contributed by atoms with Gasteiger partial charge in [0.1, 0.15) is 4.99 Å². The minimum atomic E-state index is -0.518. The summed E-state index contributed by atoms with van der Waals surface area (Å²) in [6.07, 6.45) is 3.20. The van der Waals surface area contributed by atoms with Gasteiger partial charge in [0.05, 0.1) is 0 Å². The first-order valence-corrected chi connectivity index (χ1v) is 5.29. The van der Waals surface area contributed by atoms with E-state index in [1.807, 2.05) is 0 Å². The average molecular weight is 264 g/mol. The molecular formula is C7H10BrN3OS. The number of rotatable bonds is 3. The van der Waals surface area contributed by atoms with Crippen LogP contribution in [-0.4, -0.2) is 27.3 Å². The maximum absolute atomic E-state index is 11.4. The molecule has 0 saturated carbocycles. The number of hydrogen-bond acceptors (Lipinski definition) is 4. The van der Waals surface area contributed by atoms with Crippen LogP contribution in [0.3, 0.4) is 0 Å². The van der Waals surface area contributed by atoms with Gasteiger partial charge in [-0.2, -0.15) is 0 Å². The highest BCUT2D eigenvalue weighted by Gasteiger charge is 2.25. The van der Waals surface area contributed by atoms with Crippen molar-refractivity contribution in [3.63, 3.8) is 0 Å². The number of thiocarbonyl (C=S) groups is 1. The van der Waals surface area contributed by atoms with Crippen LogP contribution in [-0.2, 0) is 4.79 Å². The van der Waals surface area contributed by atoms with Crippen LogP contribution in [0.1, 0.15) is 6.42 Å². The largest absolute Gasteiger partial charge is 0.364 e. The number of nitrogens with two attached hydrogens (primary N) is 1. The summed E-state index contributed by atoms with van der Waals surface area (Å²) in [5.41, 5.74) is 0. The summed E-state index contributed by atoms with van der Waals surface area (Å²) in [4.78, 5) is 11.9. The second-order valence-corrected chi connectivity index (χ2v) is 3.76. The Labute approximate surface area is 90.2 Å². The lowest BCUT2D eigenvalue weighted by Gasteiger charge is -2.30. The predicted octanol–water partition coefficient (Wildman–Crippen LogP) is 0.287. The summed E-state index contributed by atoms with van der Waals surface area (Å²) < 4.78 is 0. The van der Waals surface area contributed by atoms with Crippen LogP contribution in [0.25, 0.3) is 0 Å². The Kier molecular flexibility index (Phi) is 3.83. The normalized spacial score (nSPS) is 21.5. The van der Waals surface area contributed by atoms with Gasteiger partial charge in [-0.05, 0) is 6.08 Å². The Morgan fingerprint density at radius 1 is 1.85 bits per heavy atom. The predicted molar refractivity (Wildman–Crippen MR) is 58.1 cm³/mol. The van der Waals surface area contributed by atoms with E-state index in [-0.39, 0.29) is 5.78 Å². The number of carbonyl (C=O) groups is 1. The van der Waals surface area contributed by atoms with Gasteiger partial charge < -0.3 is 5.32 Å². The number of carbonyl (C=O) groups excluding carboxylic acids is 1. The van der Waals surface area contributed by atoms with Crippen molar-refractivity contribution in [2.45, 2.75) is 12.6 Å². The third-order valence-corrected chi connectivity index (χ3v) is 2.40. The number of nitrogens with one attached hydrogen (secondary N) is 1. The zero-order chi connectivity index (χ0) is 9.84. The van der Waals surface area contributed by atoms with Gasteiger partial charge in [0, 0.05) is 18.0 Å². The van der Waals surface area contributed by atoms with E-state index >= 15 is 0 Å². The van der Waals surface area contributed by atoms with Crippen LogP contribution < -0.4 is 11.2 Å². The number of Topliss-reactive ketones (excluding diaryl/α,β-unsaturated/α-hetero) is 1. The third kappa shape index (κ3) is 2.49. The van der Waals surface area contributed by atoms with Crippen LogP contribution in [0.5, 0.6) is 0 Å². The van der Waals surface area contributed by atoms with Crippen LogP contribution in [0.4, 0.5) is 0 Å². The molecule has 6 heteroatoms. The maximum atomic E-state index is 11.4. The lowest BCUT2D eigenvalue weighted by molar-refractivity contribution is -0.123. The first-order chi connectivity index (χ1) is 6.16. The summed E-state index contributed by atoms with van der Waals surface area (Å²) in [6.45, 7) is 0. The summed E-state index contributed by atoms with van der Waals surface area (Å²) in [6, 6.07) is 0. The van der Waals surface area contributed by atoms with Crippen molar-refractivity contribution in [3.8, 4) is 0 Å². The van der Waals surface area contributed by atoms with Crippen LogP contribution in [0, 0.1) is 0 Å². The molecule has 0 aliphatic carbocycles. The SMILES string of the molecule is NN1C(=S)C=CNC1C(=O)CCBr. The van der Waals surface area contributed by atoms with Gasteiger partial charge in [-0.15, -0.1) is 0 Å². The number of ketones is 1. The molecule has 1 heterocycles. The number of nitrogens with zero attached hydrogens (tertiary/aromatic N) is 1. The summed E-state index contributed by atoms with van der Waals surface area (Å²) >= 11 is 8.11. The zero-order valence-electron chi connectivity index (χ0n) is 6.87. The highest BCUT2D eigenvalue weighted by molar-refractivity contribution is 9.09. The van der Waals surface area contributed by atoms with Gasteiger partial charge in [0.15, 0.2) is 11.9 Å². The number of halogens is 1. The molecule has 1 aliphatic heterocycles. The minimum Gasteiger partial charge on any atom is -0.364 e. The molecule has 1 atom stereocenters. The molecule has 0 bridgehead atoms. The molecule has 4 nitrogen and oxygen atoms in total. The van der Waals surface area contributed by atoms with Crippen molar-refractivity contribution in [2.24, 2.45) is 5.84 Å². The standard InChI is InChI=1S/C7H10BrN3OS/c8-3-1-5(12)7-10-4-2-6(13)11(7)9/h2,4,7,10H,1,3,9H2. The molecule has 0 spiro atoms. The minimum absolute atomic E-state index is 0.0195. The van der Waals surface area contributed by atoms with E-state index in [0.29, 0.717) is 16.7 Å². The fraction of sp³-hybridized carbons (Fsp3) is 0.429. The van der Waals surface area contributed by atoms with Crippen LogP contribution in [0.2, 0.25) is 0 Å². The van der Waals surface area contributed by atoms with E-state index in [1.165, 1.54) is 5.01 Å². The molecule has 0 saturated heterocycles. The van der Waals surface area contributed by atoms with Crippen molar-refractivity contribution >= 4 is 38.9 Å². The fourth-order valence-corrected chi connectivity index (χ4v) is 1.55. The lowest BCUT2D eigenvalue weighted by Crippen LogP contribution is -2.56. The number of alkyl halides is 1. The highest BCUT2D eigenvalue weighted by atomic mass is 79.9. The highest BCUT2D eigenvalue weighted by Crippen LogP contribution is 2.04. The molecule has 0 aromatic rings. The molecule has 1 aliphatic rings. The van der Waals surface area contributed by atoms with Crippen LogP contribution in [0.15, 0.2) is 12.3 Å². The monoisotopic (exact) mass is 263 g/mol. The van der Waals surface area contributed by atoms with Gasteiger partial charge in [-0.1, -0.05) is 28.1 Å². The van der Waals surface area contributed by atoms with E-state index in [2.05, 4.69) is 21.2 Å². The van der Waals surface area contributed by atoms with Gasteiger partial charge in [-0.25, -0.2) is 5.84 Å². The topological polar surface area (TPSA) is 58.4 Å². The number of hydrazine groups is 1. The molecule has 1 unspecified atom stereocenters. The Hall–Kier alpha value is -0.460. The van der Waals surface area contributed by atoms with Crippen molar-refractivity contribution in [3.05, 3.63) is 12.3 Å². The molecular weight excluding hydrogens is 254 g/mol. The zero-order valence-corrected chi connectivity index (χ0v) is 9.27. The number of hydrogen-bond donors (Lipinski definition) is 2. The molecule has 13 heavy (non-hydrogen) atoms. The lowest BCUT2D eigenvalue weighted by atomic mass is 10.2. The van der Waals surface area contributed by atoms with Crippen molar-refractivity contribution in [1.29, 1.82) is 0 Å². The molecule has 0 aromatic carbocycles. The Morgan fingerprint density at radius 2 is 2.54 bits per heavy atom. The molecule has 1 rings (SSSR count). The van der Waals surface area contributed by atoms with E-state index in [4.69, 9.17) is 18.1 Å². The maximum Gasteiger partial charge on any atom is 0.177 e. The first-order valence-electron chi connectivity index (χ1n) is 3.76. The molecule has 0 fully saturated rings. The van der Waals surface area contributed by atoms with E-state index in [9.17, 15) is 4.79 Å². The summed E-state index contributed by atoms with van der Waals surface area (Å²) in [7, 11) is 0. The second-order valence-electron chi connectivity index (χ2n) is 2.55. The molecule has 3 N–H and O–H groups in total. The van der Waals surface area contributed by atoms with Gasteiger partial charge in [0.25, 0.3) is 0 Å². The van der Waals surface area contributed by atoms with Crippen molar-refractivity contribution in [2.75, 3.05) is 5.33 Å². The van der Waals surface area contributed by atoms with E-state index < -0.39 is 6.17 Å². The quantitative estimate of drug-likeness (QED) is 0.436. The van der Waals surface area contributed by atoms with Crippen molar-refractivity contribution in [1.82, 2.24) is 10.3 Å². The smallest absolute Gasteiger partial charge is 0.177 e. The third-order valence-electron chi connectivity index (χ3n) is 1.66. The molecule has 0 radical (unpaired) electrons. The average Bonchev–Trinajstić information content (AvgIpc) is 2.10. The molecule has 0 aromatic heterocycles. The van der Waals surface area contributed by atoms with Gasteiger partial charge in [-0.3, -0.25) is 9.80 Å². The summed E-state index contributed by atoms with van der Waals surface area (Å²) in [5, 5.41) is 4.74. The molecule has 72 valence electrons. The second kappa shape index (κ2) is 4.69. The van der Waals surface area contributed by atoms with Gasteiger partial charge in [0.2, 0.25) is 0 Å². The summed E-state index contributed by atoms with van der Waals surface area (Å²) in [5.74, 6) is 5.62. The Bertz CT molecular complexity index is 256. The Balaban J connectivity index is 2.65.